The summed E-state index contributed by atoms with van der Waals surface area (Å²) in [4.78, 5) is 11.0. The van der Waals surface area contributed by atoms with Crippen LogP contribution in [0.1, 0.15) is 33.1 Å². The second kappa shape index (κ2) is 5.56. The SMILES string of the molecule is CC(C)/C([CH]=[W])=C/C1=CCC(=O)CC1. The molecule has 2 heteroatoms. The van der Waals surface area contributed by atoms with E-state index in [9.17, 15) is 4.79 Å². The van der Waals surface area contributed by atoms with E-state index in [-0.39, 0.29) is 0 Å². The number of allylic oxidation sites excluding steroid dienone is 4. The topological polar surface area (TPSA) is 17.1 Å². The zero-order valence-electron chi connectivity index (χ0n) is 8.75. The van der Waals surface area contributed by atoms with Crippen molar-refractivity contribution in [1.29, 1.82) is 0 Å². The van der Waals surface area contributed by atoms with Gasteiger partial charge in [-0.25, -0.2) is 0 Å². The van der Waals surface area contributed by atoms with Gasteiger partial charge in [0.25, 0.3) is 0 Å². The van der Waals surface area contributed by atoms with Crippen LogP contribution in [0.3, 0.4) is 0 Å². The molecule has 0 saturated carbocycles. The zero-order valence-corrected chi connectivity index (χ0v) is 11.7. The van der Waals surface area contributed by atoms with Crippen LogP contribution in [0.2, 0.25) is 0 Å². The van der Waals surface area contributed by atoms with Crippen molar-refractivity contribution in [2.24, 2.45) is 5.92 Å². The number of carbonyl (C=O) groups is 1. The number of ketones is 1. The number of carbonyl (C=O) groups excluding carboxylic acids is 1. The molecule has 0 radical (unpaired) electrons. The maximum absolute atomic E-state index is 11.0. The summed E-state index contributed by atoms with van der Waals surface area (Å²) in [5.41, 5.74) is 2.74. The minimum absolute atomic E-state index is 0.374. The molecule has 0 spiro atoms. The Morgan fingerprint density at radius 3 is 2.64 bits per heavy atom. The molecule has 0 bridgehead atoms. The van der Waals surface area contributed by atoms with Gasteiger partial charge in [-0.1, -0.05) is 0 Å². The number of rotatable bonds is 3. The third kappa shape index (κ3) is 3.46. The summed E-state index contributed by atoms with van der Waals surface area (Å²) in [7, 11) is 0. The van der Waals surface area contributed by atoms with E-state index < -0.39 is 0 Å². The van der Waals surface area contributed by atoms with Crippen LogP contribution < -0.4 is 0 Å². The van der Waals surface area contributed by atoms with Crippen molar-refractivity contribution < 1.29 is 24.1 Å². The molecule has 0 aromatic carbocycles. The van der Waals surface area contributed by atoms with E-state index in [1.807, 2.05) is 0 Å². The van der Waals surface area contributed by atoms with Gasteiger partial charge in [0.2, 0.25) is 0 Å². The third-order valence-electron chi connectivity index (χ3n) is 2.44. The number of Topliss-reactive ketones (excluding diaryl/α,β-unsaturated/α-hetero) is 1. The van der Waals surface area contributed by atoms with E-state index in [0.29, 0.717) is 18.1 Å². The zero-order chi connectivity index (χ0) is 10.6. The summed E-state index contributed by atoms with van der Waals surface area (Å²) in [6, 6.07) is 0. The normalized spacial score (nSPS) is 18.4. The van der Waals surface area contributed by atoms with Crippen LogP contribution >= 0.6 is 0 Å². The fourth-order valence-corrected chi connectivity index (χ4v) is 2.64. The van der Waals surface area contributed by atoms with Crippen molar-refractivity contribution in [2.45, 2.75) is 33.1 Å². The van der Waals surface area contributed by atoms with Gasteiger partial charge in [-0.3, -0.25) is 0 Å². The fourth-order valence-electron chi connectivity index (χ4n) is 1.41. The van der Waals surface area contributed by atoms with Gasteiger partial charge in [0.15, 0.2) is 0 Å². The molecule has 76 valence electrons. The second-order valence-corrected chi connectivity index (χ2v) is 4.79. The molecule has 0 N–H and O–H groups in total. The molecule has 0 saturated heterocycles. The van der Waals surface area contributed by atoms with Gasteiger partial charge in [0, 0.05) is 0 Å². The number of hydrogen-bond acceptors (Lipinski definition) is 1. The molecule has 1 aliphatic rings. The van der Waals surface area contributed by atoms with E-state index in [1.54, 1.807) is 0 Å². The molecule has 0 amide bonds. The maximum atomic E-state index is 11.0. The molecular weight excluding hydrogens is 344 g/mol. The Morgan fingerprint density at radius 2 is 2.21 bits per heavy atom. The van der Waals surface area contributed by atoms with Gasteiger partial charge >= 0.3 is 96.7 Å². The fraction of sp³-hybridized carbons (Fsp3) is 0.500. The molecule has 1 rings (SSSR count). The Kier molecular flexibility index (Phi) is 4.68. The van der Waals surface area contributed by atoms with E-state index in [0.717, 1.165) is 12.8 Å². The van der Waals surface area contributed by atoms with Crippen LogP contribution in [0, 0.1) is 5.92 Å². The van der Waals surface area contributed by atoms with Crippen LogP contribution in [0.5, 0.6) is 0 Å². The molecule has 14 heavy (non-hydrogen) atoms. The molecule has 1 nitrogen and oxygen atoms in total. The first kappa shape index (κ1) is 11.8. The van der Waals surface area contributed by atoms with E-state index in [4.69, 9.17) is 0 Å². The van der Waals surface area contributed by atoms with E-state index >= 15 is 0 Å². The standard InChI is InChI=1S/C12H16O.W/c1-9(2)10(3)8-11-4-6-12(13)7-5-11;/h3-4,8-9H,5-7H2,1-2H3;/b10-8+;. The van der Waals surface area contributed by atoms with Gasteiger partial charge < -0.3 is 0 Å². The first-order valence-electron chi connectivity index (χ1n) is 5.01. The average molecular weight is 360 g/mol. The first-order valence-corrected chi connectivity index (χ1v) is 6.70. The quantitative estimate of drug-likeness (QED) is 0.756. The van der Waals surface area contributed by atoms with Crippen molar-refractivity contribution in [3.05, 3.63) is 23.3 Å². The number of hydrogen-bond donors (Lipinski definition) is 0. The van der Waals surface area contributed by atoms with Crippen LogP contribution in [0.15, 0.2) is 23.3 Å². The van der Waals surface area contributed by atoms with Crippen LogP contribution in [-0.2, 0) is 24.1 Å². The van der Waals surface area contributed by atoms with Crippen molar-refractivity contribution in [3.8, 4) is 0 Å². The van der Waals surface area contributed by atoms with Gasteiger partial charge in [-0.05, 0) is 0 Å². The van der Waals surface area contributed by atoms with Crippen LogP contribution in [-0.4, -0.2) is 10.2 Å². The molecule has 0 fully saturated rings. The van der Waals surface area contributed by atoms with Crippen LogP contribution in [0.25, 0.3) is 0 Å². The molecule has 0 atom stereocenters. The Hall–Kier alpha value is -0.292. The summed E-state index contributed by atoms with van der Waals surface area (Å²) in [6.45, 7) is 4.42. The summed E-state index contributed by atoms with van der Waals surface area (Å²) in [5.74, 6) is 0.963. The summed E-state index contributed by atoms with van der Waals surface area (Å²) in [5, 5.41) is 0. The van der Waals surface area contributed by atoms with Gasteiger partial charge in [0.1, 0.15) is 0 Å². The second-order valence-electron chi connectivity index (χ2n) is 3.94. The Balaban J connectivity index is 2.75. The predicted molar refractivity (Wildman–Crippen MR) is 55.9 cm³/mol. The summed E-state index contributed by atoms with van der Waals surface area (Å²) in [6.07, 6.45) is 6.62. The van der Waals surface area contributed by atoms with Gasteiger partial charge in [-0.2, -0.15) is 0 Å². The third-order valence-corrected chi connectivity index (χ3v) is 3.42. The molecule has 0 heterocycles. The van der Waals surface area contributed by atoms with Crippen LogP contribution in [0.4, 0.5) is 0 Å². The molecule has 0 aliphatic heterocycles. The van der Waals surface area contributed by atoms with Crippen molar-refractivity contribution >= 4 is 10.2 Å². The monoisotopic (exact) mass is 360 g/mol. The molecule has 0 unspecified atom stereocenters. The van der Waals surface area contributed by atoms with Crippen molar-refractivity contribution in [3.63, 3.8) is 0 Å². The van der Waals surface area contributed by atoms with Crippen molar-refractivity contribution in [2.75, 3.05) is 0 Å². The molecule has 0 aromatic heterocycles. The van der Waals surface area contributed by atoms with E-state index in [2.05, 4.69) is 30.4 Å². The Morgan fingerprint density at radius 1 is 1.50 bits per heavy atom. The van der Waals surface area contributed by atoms with Gasteiger partial charge in [0.05, 0.1) is 0 Å². The molecular formula is C12H16OW. The predicted octanol–water partition coefficient (Wildman–Crippen LogP) is 2.60. The Bertz CT molecular complexity index is 297. The average Bonchev–Trinajstić information content (AvgIpc) is 2.16. The summed E-state index contributed by atoms with van der Waals surface area (Å²) < 4.78 is 2.24. The van der Waals surface area contributed by atoms with E-state index in [1.165, 1.54) is 30.5 Å². The molecule has 0 aromatic rings. The minimum atomic E-state index is 0.374. The first-order chi connectivity index (χ1) is 6.63. The Labute approximate surface area is 96.7 Å². The van der Waals surface area contributed by atoms with Crippen molar-refractivity contribution in [1.82, 2.24) is 0 Å². The van der Waals surface area contributed by atoms with Gasteiger partial charge in [-0.15, -0.1) is 0 Å². The molecule has 1 aliphatic carbocycles. The summed E-state index contributed by atoms with van der Waals surface area (Å²) >= 11 is 1.49.